The maximum Gasteiger partial charge on any atom is 0.328 e. The van der Waals surface area contributed by atoms with E-state index in [4.69, 9.17) is 9.47 Å². The molecule has 0 spiro atoms. The van der Waals surface area contributed by atoms with Crippen LogP contribution in [-0.4, -0.2) is 57.8 Å². The van der Waals surface area contributed by atoms with E-state index in [0.717, 1.165) is 12.1 Å². The lowest BCUT2D eigenvalue weighted by molar-refractivity contribution is 0.141. The van der Waals surface area contributed by atoms with Crippen LogP contribution in [0.1, 0.15) is 17.5 Å². The molecular weight excluding hydrogens is 346 g/mol. The number of H-pyrrole nitrogens is 1. The maximum atomic E-state index is 12.3. The number of aromatic nitrogens is 4. The molecule has 2 aromatic heterocycles. The molecule has 1 saturated heterocycles. The summed E-state index contributed by atoms with van der Waals surface area (Å²) < 4.78 is 12.0. The highest BCUT2D eigenvalue weighted by atomic mass is 16.5. The van der Waals surface area contributed by atoms with Crippen molar-refractivity contribution in [1.82, 2.24) is 24.4 Å². The Hall–Kier alpha value is -2.71. The van der Waals surface area contributed by atoms with Crippen molar-refractivity contribution in [1.29, 1.82) is 0 Å². The molecule has 0 radical (unpaired) electrons. The van der Waals surface area contributed by atoms with Gasteiger partial charge in [-0.15, -0.1) is 0 Å². The van der Waals surface area contributed by atoms with Crippen molar-refractivity contribution in [3.63, 3.8) is 0 Å². The molecule has 0 atom stereocenters. The van der Waals surface area contributed by atoms with E-state index in [1.807, 2.05) is 0 Å². The van der Waals surface area contributed by atoms with E-state index < -0.39 is 0 Å². The van der Waals surface area contributed by atoms with Crippen LogP contribution in [0.4, 0.5) is 0 Å². The Morgan fingerprint density at radius 2 is 1.85 bits per heavy atom. The first kappa shape index (κ1) is 17.7. The maximum absolute atomic E-state index is 12.3. The number of nitrogens with zero attached hydrogens (tertiary/aromatic N) is 4. The molecule has 4 rings (SSSR count). The first-order valence-corrected chi connectivity index (χ1v) is 9.10. The zero-order chi connectivity index (χ0) is 18.6. The normalized spacial score (nSPS) is 14.4. The molecule has 3 heterocycles. The Bertz CT molecular complexity index is 960. The standard InChI is InChI=1S/C19H23N5O3/c1-26-9-10-27-18-20-11-16-17(22-18)24(19(25)21-16)13-15-5-3-14(4-6-15)12-23-7-2-8-23/h3-6,11H,2,7-10,12-13H2,1H3,(H,21,25). The molecule has 1 N–H and O–H groups in total. The first-order chi connectivity index (χ1) is 13.2. The van der Waals surface area contributed by atoms with Crippen molar-refractivity contribution in [3.8, 4) is 6.01 Å². The van der Waals surface area contributed by atoms with Gasteiger partial charge in [0, 0.05) is 13.7 Å². The molecule has 1 aromatic carbocycles. The number of benzene rings is 1. The third kappa shape index (κ3) is 4.01. The quantitative estimate of drug-likeness (QED) is 0.604. The number of aromatic amines is 1. The second-order valence-electron chi connectivity index (χ2n) is 6.69. The third-order valence-corrected chi connectivity index (χ3v) is 4.73. The number of hydrogen-bond donors (Lipinski definition) is 1. The van der Waals surface area contributed by atoms with Gasteiger partial charge in [-0.2, -0.15) is 4.98 Å². The topological polar surface area (TPSA) is 85.3 Å². The molecule has 0 unspecified atom stereocenters. The SMILES string of the molecule is COCCOc1ncc2[nH]c(=O)n(Cc3ccc(CN4CCC4)cc3)c2n1. The van der Waals surface area contributed by atoms with Crippen LogP contribution in [0.2, 0.25) is 0 Å². The van der Waals surface area contributed by atoms with E-state index in [0.29, 0.717) is 30.9 Å². The molecule has 8 nitrogen and oxygen atoms in total. The van der Waals surface area contributed by atoms with Gasteiger partial charge in [0.25, 0.3) is 0 Å². The lowest BCUT2D eigenvalue weighted by atomic mass is 10.1. The molecular formula is C19H23N5O3. The zero-order valence-corrected chi connectivity index (χ0v) is 15.4. The van der Waals surface area contributed by atoms with Crippen LogP contribution in [0.5, 0.6) is 6.01 Å². The Morgan fingerprint density at radius 3 is 2.52 bits per heavy atom. The Balaban J connectivity index is 1.52. The number of likely N-dealkylation sites (tertiary alicyclic amines) is 1. The Kier molecular flexibility index (Phi) is 5.17. The molecule has 1 aliphatic rings. The van der Waals surface area contributed by atoms with Crippen molar-refractivity contribution in [3.05, 3.63) is 52.1 Å². The predicted octanol–water partition coefficient (Wildman–Crippen LogP) is 1.40. The van der Waals surface area contributed by atoms with E-state index >= 15 is 0 Å². The van der Waals surface area contributed by atoms with Crippen LogP contribution in [0.3, 0.4) is 0 Å². The number of methoxy groups -OCH3 is 1. The Labute approximate surface area is 156 Å². The van der Waals surface area contributed by atoms with E-state index in [-0.39, 0.29) is 11.7 Å². The van der Waals surface area contributed by atoms with Crippen LogP contribution >= 0.6 is 0 Å². The second-order valence-corrected chi connectivity index (χ2v) is 6.69. The minimum absolute atomic E-state index is 0.210. The van der Waals surface area contributed by atoms with Gasteiger partial charge < -0.3 is 14.5 Å². The number of fused-ring (bicyclic) bond motifs is 1. The smallest absolute Gasteiger partial charge is 0.328 e. The fourth-order valence-corrected chi connectivity index (χ4v) is 3.09. The summed E-state index contributed by atoms with van der Waals surface area (Å²) in [5.74, 6) is 0. The molecule has 0 amide bonds. The zero-order valence-electron chi connectivity index (χ0n) is 15.4. The lowest BCUT2D eigenvalue weighted by Crippen LogP contribution is -2.36. The number of rotatable bonds is 8. The van der Waals surface area contributed by atoms with Gasteiger partial charge in [-0.3, -0.25) is 9.47 Å². The molecule has 1 fully saturated rings. The van der Waals surface area contributed by atoms with Gasteiger partial charge >= 0.3 is 11.7 Å². The molecule has 0 aliphatic carbocycles. The molecule has 27 heavy (non-hydrogen) atoms. The summed E-state index contributed by atoms with van der Waals surface area (Å²) in [5.41, 5.74) is 3.25. The van der Waals surface area contributed by atoms with E-state index in [1.54, 1.807) is 17.9 Å². The van der Waals surface area contributed by atoms with Gasteiger partial charge in [-0.25, -0.2) is 9.78 Å². The summed E-state index contributed by atoms with van der Waals surface area (Å²) in [6.07, 6.45) is 2.86. The number of imidazole rings is 1. The predicted molar refractivity (Wildman–Crippen MR) is 101 cm³/mol. The average molecular weight is 369 g/mol. The lowest BCUT2D eigenvalue weighted by Gasteiger charge is -2.30. The van der Waals surface area contributed by atoms with Gasteiger partial charge in [-0.1, -0.05) is 24.3 Å². The summed E-state index contributed by atoms with van der Waals surface area (Å²) in [7, 11) is 1.60. The van der Waals surface area contributed by atoms with Gasteiger partial charge in [0.05, 0.1) is 19.3 Å². The van der Waals surface area contributed by atoms with E-state index in [9.17, 15) is 4.79 Å². The largest absolute Gasteiger partial charge is 0.461 e. The van der Waals surface area contributed by atoms with Crippen LogP contribution < -0.4 is 10.4 Å². The third-order valence-electron chi connectivity index (χ3n) is 4.73. The first-order valence-electron chi connectivity index (χ1n) is 9.10. The van der Waals surface area contributed by atoms with Crippen molar-refractivity contribution < 1.29 is 9.47 Å². The van der Waals surface area contributed by atoms with Crippen molar-refractivity contribution in [2.75, 3.05) is 33.4 Å². The fraction of sp³-hybridized carbons (Fsp3) is 0.421. The van der Waals surface area contributed by atoms with E-state index in [1.165, 1.54) is 25.1 Å². The summed E-state index contributed by atoms with van der Waals surface area (Å²) in [6, 6.07) is 8.62. The van der Waals surface area contributed by atoms with Crippen LogP contribution in [0.25, 0.3) is 11.2 Å². The summed E-state index contributed by atoms with van der Waals surface area (Å²) >= 11 is 0. The van der Waals surface area contributed by atoms with Gasteiger partial charge in [0.1, 0.15) is 12.1 Å². The van der Waals surface area contributed by atoms with Gasteiger partial charge in [0.2, 0.25) is 0 Å². The number of nitrogens with one attached hydrogen (secondary N) is 1. The van der Waals surface area contributed by atoms with Crippen LogP contribution in [0.15, 0.2) is 35.3 Å². The summed E-state index contributed by atoms with van der Waals surface area (Å²) in [4.78, 5) is 26.0. The fourth-order valence-electron chi connectivity index (χ4n) is 3.09. The molecule has 142 valence electrons. The minimum atomic E-state index is -0.210. The Morgan fingerprint density at radius 1 is 1.11 bits per heavy atom. The van der Waals surface area contributed by atoms with Crippen molar-refractivity contribution in [2.24, 2.45) is 0 Å². The number of hydrogen-bond acceptors (Lipinski definition) is 6. The number of ether oxygens (including phenoxy) is 2. The highest BCUT2D eigenvalue weighted by Crippen LogP contribution is 2.15. The molecule has 1 aliphatic heterocycles. The van der Waals surface area contributed by atoms with Crippen LogP contribution in [0, 0.1) is 0 Å². The molecule has 8 heteroatoms. The average Bonchev–Trinajstić information content (AvgIpc) is 2.95. The van der Waals surface area contributed by atoms with Gasteiger partial charge in [0.15, 0.2) is 5.65 Å². The molecule has 0 saturated carbocycles. The van der Waals surface area contributed by atoms with Crippen molar-refractivity contribution >= 4 is 11.2 Å². The highest BCUT2D eigenvalue weighted by molar-refractivity contribution is 5.69. The highest BCUT2D eigenvalue weighted by Gasteiger charge is 2.14. The summed E-state index contributed by atoms with van der Waals surface area (Å²) in [5, 5.41) is 0. The van der Waals surface area contributed by atoms with Crippen molar-refractivity contribution in [2.45, 2.75) is 19.5 Å². The minimum Gasteiger partial charge on any atom is -0.461 e. The molecule has 0 bridgehead atoms. The monoisotopic (exact) mass is 369 g/mol. The molecule has 3 aromatic rings. The second kappa shape index (κ2) is 7.89. The van der Waals surface area contributed by atoms with E-state index in [2.05, 4.69) is 44.1 Å². The summed E-state index contributed by atoms with van der Waals surface area (Å²) in [6.45, 7) is 4.60. The van der Waals surface area contributed by atoms with Gasteiger partial charge in [-0.05, 0) is 30.6 Å². The van der Waals surface area contributed by atoms with Crippen LogP contribution in [-0.2, 0) is 17.8 Å².